The Morgan fingerprint density at radius 1 is 0.907 bits per heavy atom. The molecule has 2 aliphatic rings. The molecule has 2 aromatic carbocycles. The zero-order valence-electron chi connectivity index (χ0n) is 26.5. The van der Waals surface area contributed by atoms with Gasteiger partial charge < -0.3 is 14.5 Å². The van der Waals surface area contributed by atoms with Gasteiger partial charge in [0.25, 0.3) is 5.91 Å². The molecular formula is C36H48N4O3. The van der Waals surface area contributed by atoms with E-state index in [0.717, 1.165) is 72.3 Å². The summed E-state index contributed by atoms with van der Waals surface area (Å²) in [5.74, 6) is -0.0116. The Hall–Kier alpha value is -3.29. The number of aromatic nitrogens is 1. The number of esters is 1. The van der Waals surface area contributed by atoms with Crippen LogP contribution in [0.5, 0.6) is 0 Å². The predicted molar refractivity (Wildman–Crippen MR) is 173 cm³/mol. The summed E-state index contributed by atoms with van der Waals surface area (Å²) in [6, 6.07) is 18.7. The van der Waals surface area contributed by atoms with Gasteiger partial charge in [-0.05, 0) is 46.6 Å². The maximum absolute atomic E-state index is 14.7. The number of carbonyl (C=O) groups is 2. The molecule has 43 heavy (non-hydrogen) atoms. The molecule has 0 unspecified atom stereocenters. The molecule has 1 aliphatic heterocycles. The van der Waals surface area contributed by atoms with Gasteiger partial charge in [-0.3, -0.25) is 14.5 Å². The maximum atomic E-state index is 14.7. The number of pyridine rings is 1. The molecule has 230 valence electrons. The highest BCUT2D eigenvalue weighted by atomic mass is 16.6. The molecule has 1 amide bonds. The molecule has 0 N–H and O–H groups in total. The number of para-hydroxylation sites is 1. The molecule has 7 heteroatoms. The Morgan fingerprint density at radius 2 is 1.56 bits per heavy atom. The second-order valence-electron chi connectivity index (χ2n) is 13.0. The first-order valence-corrected chi connectivity index (χ1v) is 16.2. The molecule has 2 fully saturated rings. The number of nitrogens with zero attached hydrogens (tertiary/aromatic N) is 4. The van der Waals surface area contributed by atoms with Crippen LogP contribution < -0.4 is 0 Å². The van der Waals surface area contributed by atoms with Gasteiger partial charge in [-0.2, -0.15) is 0 Å². The fourth-order valence-corrected chi connectivity index (χ4v) is 6.62. The van der Waals surface area contributed by atoms with Gasteiger partial charge >= 0.3 is 5.97 Å². The molecule has 3 aromatic rings. The summed E-state index contributed by atoms with van der Waals surface area (Å²) in [6.45, 7) is 13.4. The molecule has 0 bridgehead atoms. The van der Waals surface area contributed by atoms with Gasteiger partial charge in [-0.25, -0.2) is 4.98 Å². The van der Waals surface area contributed by atoms with Crippen LogP contribution in [0.2, 0.25) is 0 Å². The van der Waals surface area contributed by atoms with Crippen molar-refractivity contribution >= 4 is 22.8 Å². The monoisotopic (exact) mass is 584 g/mol. The zero-order valence-corrected chi connectivity index (χ0v) is 26.5. The first-order valence-electron chi connectivity index (χ1n) is 16.2. The van der Waals surface area contributed by atoms with E-state index in [4.69, 9.17) is 9.72 Å². The van der Waals surface area contributed by atoms with Crippen molar-refractivity contribution in [3.63, 3.8) is 0 Å². The van der Waals surface area contributed by atoms with Crippen molar-refractivity contribution in [3.05, 3.63) is 65.7 Å². The van der Waals surface area contributed by atoms with Crippen LogP contribution in [0.15, 0.2) is 54.6 Å². The number of hydrogen-bond donors (Lipinski definition) is 0. The van der Waals surface area contributed by atoms with Crippen LogP contribution in [-0.2, 0) is 16.1 Å². The lowest BCUT2D eigenvalue weighted by Crippen LogP contribution is -2.47. The van der Waals surface area contributed by atoms with Crippen molar-refractivity contribution < 1.29 is 14.3 Å². The Kier molecular flexibility index (Phi) is 10.1. The van der Waals surface area contributed by atoms with E-state index in [1.54, 1.807) is 0 Å². The van der Waals surface area contributed by atoms with Gasteiger partial charge in [-0.15, -0.1) is 0 Å². The van der Waals surface area contributed by atoms with E-state index >= 15 is 0 Å². The minimum atomic E-state index is -0.459. The molecule has 1 saturated carbocycles. The van der Waals surface area contributed by atoms with Gasteiger partial charge in [0.1, 0.15) is 5.60 Å². The summed E-state index contributed by atoms with van der Waals surface area (Å²) in [7, 11) is 0. The summed E-state index contributed by atoms with van der Waals surface area (Å²) >= 11 is 0. The van der Waals surface area contributed by atoms with E-state index in [1.165, 1.54) is 19.3 Å². The molecule has 0 atom stereocenters. The lowest BCUT2D eigenvalue weighted by molar-refractivity contribution is -0.155. The van der Waals surface area contributed by atoms with Gasteiger partial charge in [0.05, 0.1) is 23.2 Å². The molecule has 0 radical (unpaired) electrons. The van der Waals surface area contributed by atoms with Gasteiger partial charge in [0, 0.05) is 68.4 Å². The first kappa shape index (κ1) is 31.1. The maximum Gasteiger partial charge on any atom is 0.307 e. The second kappa shape index (κ2) is 14.0. The molecule has 2 heterocycles. The van der Waals surface area contributed by atoms with E-state index in [0.29, 0.717) is 32.1 Å². The van der Waals surface area contributed by atoms with Crippen molar-refractivity contribution in [2.24, 2.45) is 0 Å². The lowest BCUT2D eigenvalue weighted by atomic mass is 9.91. The standard InChI is InChI=1S/C36H48N4O3/c1-5-40(28-16-10-7-11-17-28)35(42)33-29-18-12-13-19-31(29)37-34(27-14-8-6-9-15-27)30(33)26-39-24-22-38(23-25-39)21-20-32(41)43-36(2,3)4/h6,8-9,12-15,18-19,28H,5,7,10-11,16-17,20-26H2,1-4H3. The van der Waals surface area contributed by atoms with E-state index < -0.39 is 5.60 Å². The zero-order chi connectivity index (χ0) is 30.4. The lowest BCUT2D eigenvalue weighted by Gasteiger charge is -2.37. The highest BCUT2D eigenvalue weighted by Gasteiger charge is 2.31. The van der Waals surface area contributed by atoms with Crippen LogP contribution in [-0.4, -0.2) is 82.5 Å². The van der Waals surface area contributed by atoms with Crippen molar-refractivity contribution in [1.82, 2.24) is 19.7 Å². The SMILES string of the molecule is CCN(C(=O)c1c(CN2CCN(CCC(=O)OC(C)(C)C)CC2)c(-c2ccccc2)nc2ccccc12)C1CCCCC1. The number of ether oxygens (including phenoxy) is 1. The fraction of sp³-hybridized carbons (Fsp3) is 0.528. The molecule has 7 nitrogen and oxygen atoms in total. The number of benzene rings is 2. The molecule has 5 rings (SSSR count). The molecule has 0 spiro atoms. The number of carbonyl (C=O) groups excluding carboxylic acids is 2. The summed E-state index contributed by atoms with van der Waals surface area (Å²) in [5, 5.41) is 0.937. The van der Waals surface area contributed by atoms with Crippen LogP contribution in [0.4, 0.5) is 0 Å². The number of amides is 1. The van der Waals surface area contributed by atoms with Crippen LogP contribution >= 0.6 is 0 Å². The van der Waals surface area contributed by atoms with Crippen molar-refractivity contribution in [3.8, 4) is 11.3 Å². The Balaban J connectivity index is 1.44. The van der Waals surface area contributed by atoms with E-state index in [2.05, 4.69) is 39.8 Å². The Morgan fingerprint density at radius 3 is 2.23 bits per heavy atom. The van der Waals surface area contributed by atoms with E-state index in [9.17, 15) is 9.59 Å². The third-order valence-corrected chi connectivity index (χ3v) is 8.77. The molecule has 1 aliphatic carbocycles. The number of fused-ring (bicyclic) bond motifs is 1. The Bertz CT molecular complexity index is 1390. The van der Waals surface area contributed by atoms with Crippen LogP contribution in [0.3, 0.4) is 0 Å². The van der Waals surface area contributed by atoms with Crippen molar-refractivity contribution in [2.45, 2.75) is 84.4 Å². The van der Waals surface area contributed by atoms with Crippen LogP contribution in [0.1, 0.15) is 82.1 Å². The molecular weight excluding hydrogens is 536 g/mol. The largest absolute Gasteiger partial charge is 0.460 e. The first-order chi connectivity index (χ1) is 20.7. The predicted octanol–water partition coefficient (Wildman–Crippen LogP) is 6.55. The van der Waals surface area contributed by atoms with Gasteiger partial charge in [-0.1, -0.05) is 67.8 Å². The summed E-state index contributed by atoms with van der Waals surface area (Å²) < 4.78 is 5.51. The van der Waals surface area contributed by atoms with Gasteiger partial charge in [0.2, 0.25) is 0 Å². The Labute approximate surface area is 257 Å². The van der Waals surface area contributed by atoms with Crippen LogP contribution in [0, 0.1) is 0 Å². The van der Waals surface area contributed by atoms with Gasteiger partial charge in [0.15, 0.2) is 0 Å². The average molecular weight is 585 g/mol. The highest BCUT2D eigenvalue weighted by Crippen LogP contribution is 2.34. The quantitative estimate of drug-likeness (QED) is 0.266. The molecule has 1 saturated heterocycles. The number of hydrogen-bond acceptors (Lipinski definition) is 6. The van der Waals surface area contributed by atoms with Crippen molar-refractivity contribution in [2.75, 3.05) is 39.3 Å². The third-order valence-electron chi connectivity index (χ3n) is 8.77. The third kappa shape index (κ3) is 7.81. The summed E-state index contributed by atoms with van der Waals surface area (Å²) in [5.41, 5.74) is 4.17. The topological polar surface area (TPSA) is 66.0 Å². The number of rotatable bonds is 9. The minimum absolute atomic E-state index is 0.135. The fourth-order valence-electron chi connectivity index (χ4n) is 6.62. The number of piperazine rings is 1. The second-order valence-corrected chi connectivity index (χ2v) is 13.0. The summed E-state index contributed by atoms with van der Waals surface area (Å²) in [4.78, 5) is 39.0. The van der Waals surface area contributed by atoms with E-state index in [-0.39, 0.29) is 11.9 Å². The normalized spacial score (nSPS) is 17.2. The van der Waals surface area contributed by atoms with E-state index in [1.807, 2.05) is 57.2 Å². The van der Waals surface area contributed by atoms with Crippen molar-refractivity contribution in [1.29, 1.82) is 0 Å². The van der Waals surface area contributed by atoms with Crippen LogP contribution in [0.25, 0.3) is 22.2 Å². The smallest absolute Gasteiger partial charge is 0.307 e. The molecule has 1 aromatic heterocycles. The highest BCUT2D eigenvalue weighted by molar-refractivity contribution is 6.09. The summed E-state index contributed by atoms with van der Waals surface area (Å²) in [6.07, 6.45) is 6.19. The average Bonchev–Trinajstić information content (AvgIpc) is 3.01. The minimum Gasteiger partial charge on any atom is -0.460 e.